The summed E-state index contributed by atoms with van der Waals surface area (Å²) in [5.41, 5.74) is 5.46. The number of nitrogen functional groups attached to an aromatic ring is 1. The number of hydrogen-bond acceptors (Lipinski definition) is 2. The minimum atomic E-state index is 0.605. The molecule has 0 radical (unpaired) electrons. The molecule has 0 aliphatic heterocycles. The number of hydrogen-bond donors (Lipinski definition) is 1. The summed E-state index contributed by atoms with van der Waals surface area (Å²) in [6, 6.07) is 1.82. The summed E-state index contributed by atoms with van der Waals surface area (Å²) in [4.78, 5) is 0. The maximum atomic E-state index is 5.46. The number of nitrogens with two attached hydrogens (primary N) is 1. The number of anilines is 1. The highest BCUT2D eigenvalue weighted by Crippen LogP contribution is 2.05. The van der Waals surface area contributed by atoms with E-state index in [9.17, 15) is 0 Å². The van der Waals surface area contributed by atoms with Crippen LogP contribution in [0.4, 0.5) is 5.82 Å². The summed E-state index contributed by atoms with van der Waals surface area (Å²) in [5.74, 6) is 1.28. The second-order valence-electron chi connectivity index (χ2n) is 2.98. The second-order valence-corrected chi connectivity index (χ2v) is 2.98. The van der Waals surface area contributed by atoms with E-state index in [0.29, 0.717) is 11.7 Å². The molecule has 1 atom stereocenters. The van der Waals surface area contributed by atoms with Crippen LogP contribution in [-0.4, -0.2) is 9.78 Å². The standard InChI is InChI=1S/C8H15N3/c1-3-7(2)6-11-5-4-8(9)10-11/h4-5,7H,3,6H2,1-2H3,(H2,9,10). The third-order valence-electron chi connectivity index (χ3n) is 1.86. The summed E-state index contributed by atoms with van der Waals surface area (Å²) in [5, 5.41) is 4.09. The van der Waals surface area contributed by atoms with Crippen LogP contribution < -0.4 is 5.73 Å². The van der Waals surface area contributed by atoms with E-state index in [1.165, 1.54) is 6.42 Å². The van der Waals surface area contributed by atoms with Crippen molar-refractivity contribution in [2.45, 2.75) is 26.8 Å². The first-order chi connectivity index (χ1) is 5.22. The fourth-order valence-electron chi connectivity index (χ4n) is 0.927. The number of aromatic nitrogens is 2. The molecule has 11 heavy (non-hydrogen) atoms. The molecule has 1 heterocycles. The van der Waals surface area contributed by atoms with Crippen LogP contribution in [0.3, 0.4) is 0 Å². The van der Waals surface area contributed by atoms with Crippen LogP contribution in [0, 0.1) is 5.92 Å². The van der Waals surface area contributed by atoms with Crippen LogP contribution in [-0.2, 0) is 6.54 Å². The van der Waals surface area contributed by atoms with E-state index in [1.807, 2.05) is 16.9 Å². The molecular weight excluding hydrogens is 138 g/mol. The van der Waals surface area contributed by atoms with Crippen LogP contribution in [0.5, 0.6) is 0 Å². The molecule has 0 amide bonds. The third kappa shape index (κ3) is 2.26. The first-order valence-corrected chi connectivity index (χ1v) is 4.01. The topological polar surface area (TPSA) is 43.8 Å². The molecule has 2 N–H and O–H groups in total. The Balaban J connectivity index is 2.50. The lowest BCUT2D eigenvalue weighted by Gasteiger charge is -2.06. The molecule has 0 fully saturated rings. The molecule has 0 bridgehead atoms. The Kier molecular flexibility index (Phi) is 2.52. The summed E-state index contributed by atoms with van der Waals surface area (Å²) in [6.07, 6.45) is 3.10. The third-order valence-corrected chi connectivity index (χ3v) is 1.86. The lowest BCUT2D eigenvalue weighted by Crippen LogP contribution is -2.07. The molecule has 62 valence electrons. The SMILES string of the molecule is CCC(C)Cn1ccc(N)n1. The Morgan fingerprint density at radius 1 is 1.73 bits per heavy atom. The van der Waals surface area contributed by atoms with Crippen molar-refractivity contribution in [3.8, 4) is 0 Å². The van der Waals surface area contributed by atoms with E-state index in [1.54, 1.807) is 0 Å². The summed E-state index contributed by atoms with van der Waals surface area (Å²) in [7, 11) is 0. The Bertz CT molecular complexity index is 217. The highest BCUT2D eigenvalue weighted by molar-refractivity contribution is 5.23. The van der Waals surface area contributed by atoms with Crippen molar-refractivity contribution in [1.29, 1.82) is 0 Å². The number of nitrogens with zero attached hydrogens (tertiary/aromatic N) is 2. The average molecular weight is 153 g/mol. The largest absolute Gasteiger partial charge is 0.382 e. The molecule has 0 spiro atoms. The Hall–Kier alpha value is -0.990. The molecule has 1 unspecified atom stereocenters. The van der Waals surface area contributed by atoms with E-state index in [4.69, 9.17) is 5.73 Å². The molecule has 0 aliphatic rings. The summed E-state index contributed by atoms with van der Waals surface area (Å²) in [6.45, 7) is 5.35. The highest BCUT2D eigenvalue weighted by Gasteiger charge is 2.00. The molecule has 0 aliphatic carbocycles. The summed E-state index contributed by atoms with van der Waals surface area (Å²) < 4.78 is 1.89. The first-order valence-electron chi connectivity index (χ1n) is 4.01. The maximum Gasteiger partial charge on any atom is 0.145 e. The van der Waals surface area contributed by atoms with Gasteiger partial charge in [0.25, 0.3) is 0 Å². The Morgan fingerprint density at radius 2 is 2.45 bits per heavy atom. The van der Waals surface area contributed by atoms with E-state index in [-0.39, 0.29) is 0 Å². The van der Waals surface area contributed by atoms with E-state index >= 15 is 0 Å². The lowest BCUT2D eigenvalue weighted by molar-refractivity contribution is 0.440. The molecule has 1 rings (SSSR count). The predicted octanol–water partition coefficient (Wildman–Crippen LogP) is 1.51. The molecule has 1 aromatic rings. The monoisotopic (exact) mass is 153 g/mol. The smallest absolute Gasteiger partial charge is 0.145 e. The first kappa shape index (κ1) is 8.11. The van der Waals surface area contributed by atoms with Gasteiger partial charge in [-0.25, -0.2) is 0 Å². The van der Waals surface area contributed by atoms with Gasteiger partial charge >= 0.3 is 0 Å². The predicted molar refractivity (Wildman–Crippen MR) is 46.1 cm³/mol. The van der Waals surface area contributed by atoms with Crippen molar-refractivity contribution in [2.24, 2.45) is 5.92 Å². The van der Waals surface area contributed by atoms with E-state index in [0.717, 1.165) is 6.54 Å². The molecule has 1 aromatic heterocycles. The van der Waals surface area contributed by atoms with E-state index < -0.39 is 0 Å². The average Bonchev–Trinajstić information content (AvgIpc) is 2.35. The van der Waals surface area contributed by atoms with E-state index in [2.05, 4.69) is 18.9 Å². The zero-order valence-electron chi connectivity index (χ0n) is 7.12. The molecular formula is C8H15N3. The molecule has 0 saturated heterocycles. The summed E-state index contributed by atoms with van der Waals surface area (Å²) >= 11 is 0. The van der Waals surface area contributed by atoms with Crippen molar-refractivity contribution >= 4 is 5.82 Å². The molecule has 0 saturated carbocycles. The van der Waals surface area contributed by atoms with Gasteiger partial charge in [0.05, 0.1) is 0 Å². The van der Waals surface area contributed by atoms with Crippen molar-refractivity contribution < 1.29 is 0 Å². The van der Waals surface area contributed by atoms with Gasteiger partial charge in [0.1, 0.15) is 5.82 Å². The van der Waals surface area contributed by atoms with Crippen molar-refractivity contribution in [1.82, 2.24) is 9.78 Å². The lowest BCUT2D eigenvalue weighted by atomic mass is 10.1. The zero-order chi connectivity index (χ0) is 8.27. The molecule has 0 aromatic carbocycles. The van der Waals surface area contributed by atoms with Crippen molar-refractivity contribution in [3.05, 3.63) is 12.3 Å². The highest BCUT2D eigenvalue weighted by atomic mass is 15.3. The Morgan fingerprint density at radius 3 is 2.91 bits per heavy atom. The van der Waals surface area contributed by atoms with Crippen LogP contribution >= 0.6 is 0 Å². The van der Waals surface area contributed by atoms with Gasteiger partial charge in [-0.05, 0) is 12.0 Å². The van der Waals surface area contributed by atoms with Gasteiger partial charge in [-0.15, -0.1) is 0 Å². The quantitative estimate of drug-likeness (QED) is 0.715. The van der Waals surface area contributed by atoms with Gasteiger partial charge in [0, 0.05) is 12.7 Å². The fraction of sp³-hybridized carbons (Fsp3) is 0.625. The van der Waals surface area contributed by atoms with Crippen LogP contribution in [0.15, 0.2) is 12.3 Å². The molecule has 3 heteroatoms. The van der Waals surface area contributed by atoms with Gasteiger partial charge < -0.3 is 5.73 Å². The maximum absolute atomic E-state index is 5.46. The van der Waals surface area contributed by atoms with Crippen molar-refractivity contribution in [3.63, 3.8) is 0 Å². The minimum absolute atomic E-state index is 0.605. The van der Waals surface area contributed by atoms with Gasteiger partial charge in [0.2, 0.25) is 0 Å². The van der Waals surface area contributed by atoms with Crippen molar-refractivity contribution in [2.75, 3.05) is 5.73 Å². The van der Waals surface area contributed by atoms with Crippen LogP contribution in [0.25, 0.3) is 0 Å². The molecule has 3 nitrogen and oxygen atoms in total. The zero-order valence-corrected chi connectivity index (χ0v) is 7.12. The minimum Gasteiger partial charge on any atom is -0.382 e. The van der Waals surface area contributed by atoms with Gasteiger partial charge in [-0.1, -0.05) is 20.3 Å². The normalized spacial score (nSPS) is 13.3. The van der Waals surface area contributed by atoms with Gasteiger partial charge in [-0.2, -0.15) is 5.10 Å². The fourth-order valence-corrected chi connectivity index (χ4v) is 0.927. The van der Waals surface area contributed by atoms with Gasteiger partial charge in [-0.3, -0.25) is 4.68 Å². The number of rotatable bonds is 3. The van der Waals surface area contributed by atoms with Gasteiger partial charge in [0.15, 0.2) is 0 Å². The van der Waals surface area contributed by atoms with Crippen LogP contribution in [0.2, 0.25) is 0 Å². The van der Waals surface area contributed by atoms with Crippen LogP contribution in [0.1, 0.15) is 20.3 Å². The second kappa shape index (κ2) is 3.42. The Labute approximate surface area is 67.2 Å².